The lowest BCUT2D eigenvalue weighted by atomic mass is 9.98. The summed E-state index contributed by atoms with van der Waals surface area (Å²) < 4.78 is 14.6. The van der Waals surface area contributed by atoms with Crippen molar-refractivity contribution in [3.63, 3.8) is 0 Å². The van der Waals surface area contributed by atoms with E-state index in [1.165, 1.54) is 0 Å². The van der Waals surface area contributed by atoms with E-state index in [1.807, 2.05) is 4.90 Å². The van der Waals surface area contributed by atoms with E-state index in [0.717, 1.165) is 19.4 Å². The van der Waals surface area contributed by atoms with Crippen LogP contribution in [0.3, 0.4) is 0 Å². The maximum atomic E-state index is 14.4. The zero-order chi connectivity index (χ0) is 14.7. The molecule has 0 aromatic heterocycles. The van der Waals surface area contributed by atoms with Gasteiger partial charge in [-0.3, -0.25) is 0 Å². The fourth-order valence-electron chi connectivity index (χ4n) is 2.47. The standard InChI is InChI=1S/C13H17BrFN3O2/c14-11-9(13(16)17-20)3-4-10(12(11)15)18-5-1-2-8(6-18)7-19/h3-4,8,19-20H,1-2,5-7H2,(H2,16,17). The van der Waals surface area contributed by atoms with Gasteiger partial charge in [0.1, 0.15) is 0 Å². The van der Waals surface area contributed by atoms with Crippen molar-refractivity contribution in [1.82, 2.24) is 0 Å². The second kappa shape index (κ2) is 6.41. The highest BCUT2D eigenvalue weighted by Gasteiger charge is 2.23. The molecule has 1 atom stereocenters. The Bertz CT molecular complexity index is 525. The molecule has 0 saturated carbocycles. The minimum absolute atomic E-state index is 0.113. The van der Waals surface area contributed by atoms with Gasteiger partial charge in [0.15, 0.2) is 11.7 Å². The van der Waals surface area contributed by atoms with Crippen molar-refractivity contribution < 1.29 is 14.7 Å². The smallest absolute Gasteiger partial charge is 0.171 e. The average Bonchev–Trinajstić information content (AvgIpc) is 2.49. The van der Waals surface area contributed by atoms with Gasteiger partial charge in [0.05, 0.1) is 10.2 Å². The van der Waals surface area contributed by atoms with Crippen LogP contribution in [-0.2, 0) is 0 Å². The Hall–Kier alpha value is -1.34. The summed E-state index contributed by atoms with van der Waals surface area (Å²) in [5.74, 6) is -0.410. The molecule has 1 aliphatic heterocycles. The molecule has 1 fully saturated rings. The first kappa shape index (κ1) is 15.1. The molecular formula is C13H17BrFN3O2. The van der Waals surface area contributed by atoms with Crippen molar-refractivity contribution in [2.75, 3.05) is 24.6 Å². The molecule has 1 saturated heterocycles. The van der Waals surface area contributed by atoms with Crippen molar-refractivity contribution >= 4 is 27.5 Å². The van der Waals surface area contributed by atoms with Gasteiger partial charge in [-0.2, -0.15) is 0 Å². The molecule has 0 bridgehead atoms. The lowest BCUT2D eigenvalue weighted by Crippen LogP contribution is -2.37. The number of aliphatic hydroxyl groups excluding tert-OH is 1. The maximum Gasteiger partial charge on any atom is 0.171 e. The zero-order valence-electron chi connectivity index (χ0n) is 10.9. The second-order valence-electron chi connectivity index (χ2n) is 4.88. The van der Waals surface area contributed by atoms with Crippen molar-refractivity contribution in [2.24, 2.45) is 16.8 Å². The lowest BCUT2D eigenvalue weighted by Gasteiger charge is -2.34. The first-order chi connectivity index (χ1) is 9.58. The van der Waals surface area contributed by atoms with E-state index in [1.54, 1.807) is 12.1 Å². The summed E-state index contributed by atoms with van der Waals surface area (Å²) in [4.78, 5) is 1.92. The number of amidine groups is 1. The van der Waals surface area contributed by atoms with Gasteiger partial charge in [0, 0.05) is 25.3 Å². The van der Waals surface area contributed by atoms with E-state index in [0.29, 0.717) is 17.8 Å². The van der Waals surface area contributed by atoms with E-state index in [-0.39, 0.29) is 22.8 Å². The first-order valence-electron chi connectivity index (χ1n) is 6.40. The third kappa shape index (κ3) is 2.88. The second-order valence-corrected chi connectivity index (χ2v) is 5.68. The topological polar surface area (TPSA) is 82.1 Å². The van der Waals surface area contributed by atoms with Crippen LogP contribution >= 0.6 is 15.9 Å². The van der Waals surface area contributed by atoms with Crippen LogP contribution in [0.4, 0.5) is 10.1 Å². The van der Waals surface area contributed by atoms with E-state index < -0.39 is 5.82 Å². The summed E-state index contributed by atoms with van der Waals surface area (Å²) >= 11 is 3.15. The van der Waals surface area contributed by atoms with Crippen molar-refractivity contribution in [3.8, 4) is 0 Å². The van der Waals surface area contributed by atoms with Gasteiger partial charge in [0.25, 0.3) is 0 Å². The van der Waals surface area contributed by atoms with Crippen LogP contribution in [0.2, 0.25) is 0 Å². The Kier molecular flexibility index (Phi) is 4.82. The summed E-state index contributed by atoms with van der Waals surface area (Å²) in [6.45, 7) is 1.49. The number of nitrogens with two attached hydrogens (primary N) is 1. The number of benzene rings is 1. The predicted molar refractivity (Wildman–Crippen MR) is 78.6 cm³/mol. The Labute approximate surface area is 125 Å². The Morgan fingerprint density at radius 3 is 2.95 bits per heavy atom. The monoisotopic (exact) mass is 345 g/mol. The zero-order valence-corrected chi connectivity index (χ0v) is 12.5. The molecule has 110 valence electrons. The van der Waals surface area contributed by atoms with Crippen LogP contribution in [0.5, 0.6) is 0 Å². The maximum absolute atomic E-state index is 14.4. The number of piperidine rings is 1. The number of aliphatic hydroxyl groups is 1. The molecule has 4 N–H and O–H groups in total. The molecule has 1 heterocycles. The van der Waals surface area contributed by atoms with Crippen LogP contribution < -0.4 is 10.6 Å². The fraction of sp³-hybridized carbons (Fsp3) is 0.462. The highest BCUT2D eigenvalue weighted by Crippen LogP contribution is 2.31. The molecule has 2 rings (SSSR count). The minimum Gasteiger partial charge on any atom is -0.409 e. The fourth-order valence-corrected chi connectivity index (χ4v) is 3.01. The summed E-state index contributed by atoms with van der Waals surface area (Å²) in [5.41, 5.74) is 6.26. The van der Waals surface area contributed by atoms with Crippen LogP contribution in [-0.4, -0.2) is 35.8 Å². The number of anilines is 1. The van der Waals surface area contributed by atoms with Crippen LogP contribution in [0.15, 0.2) is 21.8 Å². The Morgan fingerprint density at radius 2 is 2.30 bits per heavy atom. The molecule has 1 aromatic rings. The van der Waals surface area contributed by atoms with Gasteiger partial charge in [0.2, 0.25) is 0 Å². The van der Waals surface area contributed by atoms with Gasteiger partial charge >= 0.3 is 0 Å². The average molecular weight is 346 g/mol. The minimum atomic E-state index is -0.437. The molecule has 0 aliphatic carbocycles. The summed E-state index contributed by atoms with van der Waals surface area (Å²) in [6.07, 6.45) is 1.88. The van der Waals surface area contributed by atoms with Gasteiger partial charge < -0.3 is 20.9 Å². The van der Waals surface area contributed by atoms with Crippen molar-refractivity contribution in [2.45, 2.75) is 12.8 Å². The van der Waals surface area contributed by atoms with Crippen LogP contribution in [0.25, 0.3) is 0 Å². The number of halogens is 2. The molecule has 5 nitrogen and oxygen atoms in total. The third-order valence-corrected chi connectivity index (χ3v) is 4.34. The van der Waals surface area contributed by atoms with Gasteiger partial charge in [-0.15, -0.1) is 0 Å². The SMILES string of the molecule is N/C(=N/O)c1ccc(N2CCCC(CO)C2)c(F)c1Br. The molecule has 20 heavy (non-hydrogen) atoms. The largest absolute Gasteiger partial charge is 0.409 e. The van der Waals surface area contributed by atoms with Crippen molar-refractivity contribution in [1.29, 1.82) is 0 Å². The van der Waals surface area contributed by atoms with E-state index in [4.69, 9.17) is 10.9 Å². The first-order valence-corrected chi connectivity index (χ1v) is 7.19. The number of nitrogens with zero attached hydrogens (tertiary/aromatic N) is 2. The summed E-state index contributed by atoms with van der Waals surface area (Å²) in [5, 5.41) is 20.8. The molecular weight excluding hydrogens is 329 g/mol. The lowest BCUT2D eigenvalue weighted by molar-refractivity contribution is 0.208. The molecule has 7 heteroatoms. The van der Waals surface area contributed by atoms with Gasteiger partial charge in [-0.25, -0.2) is 4.39 Å². The Balaban J connectivity index is 2.32. The summed E-state index contributed by atoms with van der Waals surface area (Å²) in [6, 6.07) is 3.23. The van der Waals surface area contributed by atoms with E-state index in [2.05, 4.69) is 21.1 Å². The van der Waals surface area contributed by atoms with Crippen LogP contribution in [0, 0.1) is 11.7 Å². The van der Waals surface area contributed by atoms with Crippen molar-refractivity contribution in [3.05, 3.63) is 28.0 Å². The number of rotatable bonds is 3. The molecule has 1 unspecified atom stereocenters. The molecule has 0 amide bonds. The van der Waals surface area contributed by atoms with Gasteiger partial charge in [-0.1, -0.05) is 5.16 Å². The number of oxime groups is 1. The highest BCUT2D eigenvalue weighted by molar-refractivity contribution is 9.10. The van der Waals surface area contributed by atoms with E-state index >= 15 is 0 Å². The predicted octanol–water partition coefficient (Wildman–Crippen LogP) is 1.89. The molecule has 0 radical (unpaired) electrons. The highest BCUT2D eigenvalue weighted by atomic mass is 79.9. The number of hydrogen-bond acceptors (Lipinski definition) is 4. The number of hydrogen-bond donors (Lipinski definition) is 3. The van der Waals surface area contributed by atoms with E-state index in [9.17, 15) is 9.50 Å². The Morgan fingerprint density at radius 1 is 1.55 bits per heavy atom. The normalized spacial score (nSPS) is 20.2. The molecule has 1 aliphatic rings. The quantitative estimate of drug-likeness (QED) is 0.338. The summed E-state index contributed by atoms with van der Waals surface area (Å²) in [7, 11) is 0. The van der Waals surface area contributed by atoms with Gasteiger partial charge in [-0.05, 0) is 46.8 Å². The molecule has 0 spiro atoms. The molecule has 1 aromatic carbocycles. The van der Waals surface area contributed by atoms with Crippen LogP contribution in [0.1, 0.15) is 18.4 Å². The third-order valence-electron chi connectivity index (χ3n) is 3.56.